The third-order valence-corrected chi connectivity index (χ3v) is 4.64. The summed E-state index contributed by atoms with van der Waals surface area (Å²) in [5.74, 6) is 0.633. The molecule has 0 aliphatic carbocycles. The van der Waals surface area contributed by atoms with E-state index in [1.165, 1.54) is 0 Å². The number of nitrogens with two attached hydrogens (primary N) is 1. The van der Waals surface area contributed by atoms with E-state index in [9.17, 15) is 0 Å². The summed E-state index contributed by atoms with van der Waals surface area (Å²) in [5.41, 5.74) is 9.15. The number of hydrogen-bond acceptors (Lipinski definition) is 5. The van der Waals surface area contributed by atoms with E-state index in [0.29, 0.717) is 39.3 Å². The lowest BCUT2D eigenvalue weighted by atomic mass is 10.2. The highest BCUT2D eigenvalue weighted by atomic mass is 35.5. The van der Waals surface area contributed by atoms with Gasteiger partial charge in [0.2, 0.25) is 0 Å². The largest absolute Gasteiger partial charge is 0.379 e. The van der Waals surface area contributed by atoms with Crippen molar-refractivity contribution >= 4 is 45.7 Å². The number of hydrogen-bond donors (Lipinski definition) is 1. The van der Waals surface area contributed by atoms with E-state index in [1.54, 1.807) is 24.3 Å². The van der Waals surface area contributed by atoms with Gasteiger partial charge in [0.1, 0.15) is 0 Å². The normalized spacial score (nSPS) is 11.0. The highest BCUT2D eigenvalue weighted by molar-refractivity contribution is 6.42. The molecule has 0 amide bonds. The molecule has 0 aliphatic rings. The zero-order valence-electron chi connectivity index (χ0n) is 13.1. The number of imidazole rings is 1. The Morgan fingerprint density at radius 2 is 1.85 bits per heavy atom. The second-order valence-electron chi connectivity index (χ2n) is 5.55. The van der Waals surface area contributed by atoms with Gasteiger partial charge in [-0.2, -0.15) is 0 Å². The standard InChI is InChI=1S/C17H10Cl2N6O/c1-21-10-4-2-9(3-5-10)8-25-14-7-12(19)11(18)6-13(14)22-17(25)15-16(20)24-26-23-15/h2-7H,8H2,(H2,20,24). The quantitative estimate of drug-likeness (QED) is 0.522. The Labute approximate surface area is 157 Å². The van der Waals surface area contributed by atoms with Crippen LogP contribution < -0.4 is 5.73 Å². The molecule has 9 heteroatoms. The molecular weight excluding hydrogens is 375 g/mol. The van der Waals surface area contributed by atoms with Crippen LogP contribution in [0.4, 0.5) is 11.5 Å². The maximum Gasteiger partial charge on any atom is 0.199 e. The summed E-state index contributed by atoms with van der Waals surface area (Å²) in [6.45, 7) is 7.52. The average Bonchev–Trinajstić information content (AvgIpc) is 3.20. The molecule has 26 heavy (non-hydrogen) atoms. The average molecular weight is 385 g/mol. The van der Waals surface area contributed by atoms with Gasteiger partial charge in [0.25, 0.3) is 0 Å². The lowest BCUT2D eigenvalue weighted by Crippen LogP contribution is -2.03. The molecule has 128 valence electrons. The van der Waals surface area contributed by atoms with Crippen molar-refractivity contribution in [1.82, 2.24) is 19.9 Å². The maximum absolute atomic E-state index is 7.06. The summed E-state index contributed by atoms with van der Waals surface area (Å²) in [7, 11) is 0. The van der Waals surface area contributed by atoms with Crippen molar-refractivity contribution in [2.75, 3.05) is 5.73 Å². The Morgan fingerprint density at radius 3 is 2.50 bits per heavy atom. The summed E-state index contributed by atoms with van der Waals surface area (Å²) >= 11 is 12.3. The van der Waals surface area contributed by atoms with Gasteiger partial charge in [-0.3, -0.25) is 0 Å². The highest BCUT2D eigenvalue weighted by Crippen LogP contribution is 2.32. The monoisotopic (exact) mass is 384 g/mol. The van der Waals surface area contributed by atoms with Crippen LogP contribution in [0.5, 0.6) is 0 Å². The minimum Gasteiger partial charge on any atom is -0.379 e. The van der Waals surface area contributed by atoms with Crippen LogP contribution in [0.2, 0.25) is 10.0 Å². The third kappa shape index (κ3) is 2.75. The number of benzene rings is 2. The van der Waals surface area contributed by atoms with Crippen LogP contribution in [0.15, 0.2) is 41.0 Å². The molecule has 0 fully saturated rings. The molecule has 0 spiro atoms. The van der Waals surface area contributed by atoms with Gasteiger partial charge in [-0.25, -0.2) is 14.5 Å². The number of fused-ring (bicyclic) bond motifs is 1. The van der Waals surface area contributed by atoms with Gasteiger partial charge < -0.3 is 10.3 Å². The molecule has 2 heterocycles. The Balaban J connectivity index is 1.91. The van der Waals surface area contributed by atoms with Crippen molar-refractivity contribution in [1.29, 1.82) is 0 Å². The lowest BCUT2D eigenvalue weighted by Gasteiger charge is -2.09. The van der Waals surface area contributed by atoms with E-state index in [4.69, 9.17) is 40.1 Å². The van der Waals surface area contributed by atoms with E-state index in [2.05, 4.69) is 20.1 Å². The fraction of sp³-hybridized carbons (Fsp3) is 0.0588. The molecule has 4 rings (SSSR count). The van der Waals surface area contributed by atoms with Crippen molar-refractivity contribution in [3.8, 4) is 11.5 Å². The summed E-state index contributed by atoms with van der Waals surface area (Å²) in [4.78, 5) is 7.98. The van der Waals surface area contributed by atoms with Crippen LogP contribution >= 0.6 is 23.2 Å². The lowest BCUT2D eigenvalue weighted by molar-refractivity contribution is 0.310. The summed E-state index contributed by atoms with van der Waals surface area (Å²) in [5, 5.41) is 8.30. The molecule has 0 aliphatic heterocycles. The summed E-state index contributed by atoms with van der Waals surface area (Å²) < 4.78 is 6.62. The predicted octanol–water partition coefficient (Wildman–Crippen LogP) is 4.57. The first-order chi connectivity index (χ1) is 12.6. The van der Waals surface area contributed by atoms with Gasteiger partial charge >= 0.3 is 0 Å². The Morgan fingerprint density at radius 1 is 1.12 bits per heavy atom. The predicted molar refractivity (Wildman–Crippen MR) is 99.3 cm³/mol. The van der Waals surface area contributed by atoms with Gasteiger partial charge in [-0.15, -0.1) is 0 Å². The minimum absolute atomic E-state index is 0.141. The van der Waals surface area contributed by atoms with Gasteiger partial charge in [0.05, 0.1) is 27.7 Å². The summed E-state index contributed by atoms with van der Waals surface area (Å²) in [6, 6.07) is 10.7. The molecule has 2 aromatic carbocycles. The van der Waals surface area contributed by atoms with Crippen LogP contribution in [-0.2, 0) is 6.54 Å². The van der Waals surface area contributed by atoms with Gasteiger partial charge in [0, 0.05) is 6.54 Å². The molecule has 2 N–H and O–H groups in total. The Kier molecular flexibility index (Phi) is 3.99. The number of nitrogen functional groups attached to an aromatic ring is 1. The van der Waals surface area contributed by atoms with E-state index in [-0.39, 0.29) is 5.82 Å². The number of nitrogens with zero attached hydrogens (tertiary/aromatic N) is 5. The van der Waals surface area contributed by atoms with E-state index in [1.807, 2.05) is 16.7 Å². The van der Waals surface area contributed by atoms with Crippen LogP contribution in [0.1, 0.15) is 5.56 Å². The van der Waals surface area contributed by atoms with E-state index in [0.717, 1.165) is 11.1 Å². The summed E-state index contributed by atoms with van der Waals surface area (Å²) in [6.07, 6.45) is 0. The van der Waals surface area contributed by atoms with Crippen molar-refractivity contribution in [3.05, 3.63) is 63.4 Å². The molecule has 2 aromatic heterocycles. The molecule has 0 saturated carbocycles. The van der Waals surface area contributed by atoms with Crippen LogP contribution in [0, 0.1) is 6.57 Å². The molecule has 4 aromatic rings. The second kappa shape index (κ2) is 6.33. The maximum atomic E-state index is 7.06. The number of halogens is 2. The smallest absolute Gasteiger partial charge is 0.199 e. The van der Waals surface area contributed by atoms with Crippen LogP contribution in [0.3, 0.4) is 0 Å². The molecule has 0 unspecified atom stereocenters. The molecular formula is C17H10Cl2N6O. The molecule has 7 nitrogen and oxygen atoms in total. The first-order valence-corrected chi connectivity index (χ1v) is 8.22. The SMILES string of the molecule is [C-]#[N+]c1ccc(Cn2c(-c3nonc3N)nc3cc(Cl)c(Cl)cc32)cc1. The number of anilines is 1. The van der Waals surface area contributed by atoms with Crippen molar-refractivity contribution in [3.63, 3.8) is 0 Å². The highest BCUT2D eigenvalue weighted by Gasteiger charge is 2.20. The zero-order valence-corrected chi connectivity index (χ0v) is 14.7. The second-order valence-corrected chi connectivity index (χ2v) is 6.37. The van der Waals surface area contributed by atoms with Gasteiger partial charge in [0.15, 0.2) is 23.0 Å². The first kappa shape index (κ1) is 16.4. The molecule has 0 atom stereocenters. The van der Waals surface area contributed by atoms with Crippen molar-refractivity contribution in [2.45, 2.75) is 6.54 Å². The Hall–Kier alpha value is -3.08. The first-order valence-electron chi connectivity index (χ1n) is 7.47. The topological polar surface area (TPSA) is 87.1 Å². The molecule has 0 bridgehead atoms. The van der Waals surface area contributed by atoms with Crippen molar-refractivity contribution in [2.24, 2.45) is 0 Å². The third-order valence-electron chi connectivity index (χ3n) is 3.92. The zero-order chi connectivity index (χ0) is 18.3. The van der Waals surface area contributed by atoms with Gasteiger partial charge in [-0.1, -0.05) is 47.5 Å². The van der Waals surface area contributed by atoms with Gasteiger partial charge in [-0.05, 0) is 28.0 Å². The van der Waals surface area contributed by atoms with E-state index >= 15 is 0 Å². The fourth-order valence-electron chi connectivity index (χ4n) is 2.67. The molecule has 0 radical (unpaired) electrons. The number of aromatic nitrogens is 4. The molecule has 0 saturated heterocycles. The minimum atomic E-state index is 0.141. The van der Waals surface area contributed by atoms with E-state index < -0.39 is 0 Å². The van der Waals surface area contributed by atoms with Crippen LogP contribution in [0.25, 0.3) is 27.4 Å². The van der Waals surface area contributed by atoms with Crippen molar-refractivity contribution < 1.29 is 4.63 Å². The fourth-order valence-corrected chi connectivity index (χ4v) is 2.99. The number of rotatable bonds is 3. The Bertz CT molecular complexity index is 1160. The van der Waals surface area contributed by atoms with Crippen LogP contribution in [-0.4, -0.2) is 19.9 Å².